The van der Waals surface area contributed by atoms with Crippen LogP contribution in [0.25, 0.3) is 0 Å². The van der Waals surface area contributed by atoms with Crippen LogP contribution < -0.4 is 108 Å². The van der Waals surface area contributed by atoms with Gasteiger partial charge in [-0.05, 0) is 94.4 Å². The number of amides is 17. The van der Waals surface area contributed by atoms with Crippen molar-refractivity contribution in [3.63, 3.8) is 0 Å². The Bertz CT molecular complexity index is 3580. The molecule has 0 fully saturated rings. The summed E-state index contributed by atoms with van der Waals surface area (Å²) in [6.07, 6.45) is -6.59. The van der Waals surface area contributed by atoms with Crippen molar-refractivity contribution in [2.75, 3.05) is 39.5 Å². The molecule has 0 saturated heterocycles. The molecule has 0 heterocycles. The van der Waals surface area contributed by atoms with Gasteiger partial charge in [0.2, 0.25) is 100 Å². The molecular formula is C71H121N21O28. The first-order valence-electron chi connectivity index (χ1n) is 38.6. The summed E-state index contributed by atoms with van der Waals surface area (Å²) < 4.78 is 0. The van der Waals surface area contributed by atoms with Gasteiger partial charge in [-0.15, -0.1) is 0 Å². The first-order valence-corrected chi connectivity index (χ1v) is 38.6. The van der Waals surface area contributed by atoms with E-state index in [1.165, 1.54) is 20.8 Å². The smallest absolute Gasteiger partial charge is 0.305 e. The number of primary amides is 2. The number of nitrogens with zero attached hydrogens (tertiary/aromatic N) is 1. The van der Waals surface area contributed by atoms with Crippen molar-refractivity contribution in [2.45, 2.75) is 250 Å². The number of carbonyl (C=O) groups excluding carboxylic acids is 17. The zero-order valence-corrected chi connectivity index (χ0v) is 68.5. The summed E-state index contributed by atoms with van der Waals surface area (Å²) in [5, 5.41) is 103. The molecule has 0 aliphatic heterocycles. The van der Waals surface area contributed by atoms with Gasteiger partial charge in [0.1, 0.15) is 84.6 Å². The number of aliphatic hydroxyl groups is 3. The van der Waals surface area contributed by atoms with Crippen LogP contribution in [0.3, 0.4) is 0 Å². The van der Waals surface area contributed by atoms with Crippen LogP contribution in [0, 0.1) is 23.7 Å². The van der Waals surface area contributed by atoms with Gasteiger partial charge in [-0.1, -0.05) is 61.8 Å². The van der Waals surface area contributed by atoms with E-state index in [4.69, 9.17) is 28.7 Å². The zero-order chi connectivity index (χ0) is 92.0. The maximum absolute atomic E-state index is 14.6. The van der Waals surface area contributed by atoms with Crippen LogP contribution in [0.4, 0.5) is 0 Å². The van der Waals surface area contributed by atoms with E-state index in [-0.39, 0.29) is 82.8 Å². The predicted octanol–water partition coefficient (Wildman–Crippen LogP) is -10.7. The van der Waals surface area contributed by atoms with Crippen molar-refractivity contribution in [1.29, 1.82) is 0 Å². The van der Waals surface area contributed by atoms with Crippen molar-refractivity contribution < 1.29 is 136 Å². The lowest BCUT2D eigenvalue weighted by atomic mass is 9.97. The molecular weight excluding hydrogens is 1590 g/mol. The van der Waals surface area contributed by atoms with Crippen molar-refractivity contribution in [1.82, 2.24) is 79.8 Å². The quantitative estimate of drug-likeness (QED) is 0.0153. The second-order valence-corrected chi connectivity index (χ2v) is 29.4. The molecule has 49 nitrogen and oxygen atoms in total. The molecule has 0 radical (unpaired) electrons. The van der Waals surface area contributed by atoms with Gasteiger partial charge in [0.25, 0.3) is 0 Å². The largest absolute Gasteiger partial charge is 0.481 e. The highest BCUT2D eigenvalue weighted by Crippen LogP contribution is 2.15. The fourth-order valence-electron chi connectivity index (χ4n) is 11.2. The fourth-order valence-corrected chi connectivity index (χ4v) is 11.2. The summed E-state index contributed by atoms with van der Waals surface area (Å²) in [4.78, 5) is 281. The van der Waals surface area contributed by atoms with Crippen molar-refractivity contribution in [2.24, 2.45) is 57.3 Å². The van der Waals surface area contributed by atoms with Gasteiger partial charge in [-0.2, -0.15) is 0 Å². The molecule has 0 aromatic heterocycles. The SMILES string of the molecule is CC[C@H](C)[C@H](NC(=O)[C@H](CCCN=C(N)N)NC(=O)[C@H](CCCCN)NC(=O)[C@H](CC(C)C)NC(=O)[C@H](CO)NC(=O)[C@H](CCC(=O)O)NC(=O)[C@H](CO)NC(=O)[C@H](CC(C)C)NC(C)=O)C(=O)NCC(=O)N[C@@H](CC(=O)O)C(=O)N[C@@H](CCC(=O)O)C(=O)N[C@@H](CC(C)C)C(=O)N[C@@H](CC(=O)O)C(=O)N[C@@H](CO)C(=O)N[C@@H](CC(N)=O)C(N)=O. The third kappa shape index (κ3) is 44.0. The number of carboxylic acids is 4. The van der Waals surface area contributed by atoms with Gasteiger partial charge < -0.3 is 144 Å². The van der Waals surface area contributed by atoms with Crippen LogP contribution in [0.15, 0.2) is 4.99 Å². The summed E-state index contributed by atoms with van der Waals surface area (Å²) in [6, 6.07) is -24.6. The number of nitrogens with two attached hydrogens (primary N) is 5. The Hall–Kier alpha value is -12.0. The average Bonchev–Trinajstić information content (AvgIpc) is 0.861. The van der Waals surface area contributed by atoms with E-state index in [2.05, 4.69) is 74.1 Å². The lowest BCUT2D eigenvalue weighted by molar-refractivity contribution is -0.142. The Morgan fingerprint density at radius 1 is 0.342 bits per heavy atom. The van der Waals surface area contributed by atoms with Crippen LogP contribution >= 0.6 is 0 Å². The topological polar surface area (TPSA) is 823 Å². The molecule has 0 aromatic carbocycles. The molecule has 15 atom stereocenters. The normalized spacial score (nSPS) is 14.8. The highest BCUT2D eigenvalue weighted by Gasteiger charge is 2.39. The fraction of sp³-hybridized carbons (Fsp3) is 0.690. The first kappa shape index (κ1) is 108. The number of hydrogen-bond donors (Lipinski definition) is 27. The van der Waals surface area contributed by atoms with Crippen molar-refractivity contribution in [3.8, 4) is 0 Å². The maximum atomic E-state index is 14.6. The number of aliphatic imine (C=N–C) groups is 1. The Kier molecular flexibility index (Phi) is 50.7. The number of hydrogen-bond acceptors (Lipinski definition) is 26. The highest BCUT2D eigenvalue weighted by atomic mass is 16.4. The summed E-state index contributed by atoms with van der Waals surface area (Å²) in [7, 11) is 0. The van der Waals surface area contributed by atoms with Gasteiger partial charge in [0, 0.05) is 26.3 Å². The van der Waals surface area contributed by atoms with Crippen molar-refractivity contribution >= 4 is 130 Å². The molecule has 32 N–H and O–H groups in total. The first-order chi connectivity index (χ1) is 56.0. The molecule has 0 bridgehead atoms. The summed E-state index contributed by atoms with van der Waals surface area (Å²) in [5.74, 6) is -28.4. The third-order valence-corrected chi connectivity index (χ3v) is 17.6. The predicted molar refractivity (Wildman–Crippen MR) is 419 cm³/mol. The number of aliphatic carboxylic acids is 4. The van der Waals surface area contributed by atoms with E-state index in [1.54, 1.807) is 34.6 Å². The molecule has 0 aliphatic carbocycles. The van der Waals surface area contributed by atoms with E-state index in [9.17, 15) is 136 Å². The summed E-state index contributed by atoms with van der Waals surface area (Å²) in [5.41, 5.74) is 27.1. The lowest BCUT2D eigenvalue weighted by Gasteiger charge is -2.29. The van der Waals surface area contributed by atoms with Crippen LogP contribution in [0.1, 0.15) is 165 Å². The number of carboxylic acid groups (broad SMARTS) is 4. The summed E-state index contributed by atoms with van der Waals surface area (Å²) >= 11 is 0. The molecule has 0 aliphatic rings. The molecule has 0 rings (SSSR count). The number of aliphatic hydroxyl groups excluding tert-OH is 3. The van der Waals surface area contributed by atoms with Gasteiger partial charge >= 0.3 is 23.9 Å². The number of unbranched alkanes of at least 4 members (excludes halogenated alkanes) is 1. The Morgan fingerprint density at radius 2 is 0.650 bits per heavy atom. The maximum Gasteiger partial charge on any atom is 0.305 e. The Balaban J connectivity index is 7.08. The second-order valence-electron chi connectivity index (χ2n) is 29.4. The number of nitrogens with one attached hydrogen (secondary N) is 15. The number of guanidine groups is 1. The highest BCUT2D eigenvalue weighted by molar-refractivity contribution is 6.02. The minimum absolute atomic E-state index is 0.0312. The molecule has 678 valence electrons. The molecule has 17 amide bonds. The van der Waals surface area contributed by atoms with E-state index in [0.717, 1.165) is 6.92 Å². The minimum Gasteiger partial charge on any atom is -0.481 e. The average molecular weight is 1720 g/mol. The van der Waals surface area contributed by atoms with Crippen LogP contribution in [-0.4, -0.2) is 290 Å². The van der Waals surface area contributed by atoms with Crippen molar-refractivity contribution in [3.05, 3.63) is 0 Å². The molecule has 120 heavy (non-hydrogen) atoms. The van der Waals surface area contributed by atoms with E-state index in [0.29, 0.717) is 0 Å². The zero-order valence-electron chi connectivity index (χ0n) is 68.5. The Labute approximate surface area is 690 Å². The van der Waals surface area contributed by atoms with Gasteiger partial charge in [-0.3, -0.25) is 106 Å². The molecule has 0 saturated carbocycles. The van der Waals surface area contributed by atoms with Gasteiger partial charge in [-0.25, -0.2) is 0 Å². The monoisotopic (exact) mass is 1720 g/mol. The molecule has 0 spiro atoms. The number of rotatable bonds is 61. The Morgan fingerprint density at radius 3 is 0.975 bits per heavy atom. The second kappa shape index (κ2) is 56.4. The van der Waals surface area contributed by atoms with E-state index < -0.39 is 298 Å². The standard InChI is InChI=1S/C71H121N21O28/c1-10-35(8)56(70(120)78-28-51(98)80-45(26-54(103)104)65(115)83-39(16-18-52(99)100)59(109)86-44(24-34(6)7)64(114)88-46(27-55(105)106)66(116)91-48(30-94)68(118)85-41(57(74)107)25-50(73)97)92-61(111)38(15-13-21-77-71(75)76)81-58(108)37(14-11-12-20-72)82-63(113)43(23-33(4)5)87-69(119)49(31-95)89-60(110)40(17-19-53(101)102)84-67(117)47(29-93)90-62(112)42(22-32(2)3)79-36(9)96/h32-35,37-49,56,93-95H,10-31,72H2,1-9H3,(H2,73,97)(H2,74,107)(H,78,120)(H,79,96)(H,80,98)(H,81,108)(H,82,113)(H,83,115)(H,84,117)(H,85,118)(H,86,109)(H,87,119)(H,88,114)(H,89,110)(H,90,112)(H,91,116)(H,92,111)(H,99,100)(H,101,102)(H,103,104)(H,105,106)(H4,75,76,77)/t35-,37-,38-,39-,40-,41-,42-,43-,44-,45-,46-,47-,48-,49-,56-/m0/s1. The van der Waals surface area contributed by atoms with Crippen LogP contribution in [-0.2, 0) is 101 Å². The molecule has 0 unspecified atom stereocenters. The van der Waals surface area contributed by atoms with E-state index in [1.807, 2.05) is 10.6 Å². The van der Waals surface area contributed by atoms with Crippen LogP contribution in [0.5, 0.6) is 0 Å². The lowest BCUT2D eigenvalue weighted by Crippen LogP contribution is -2.61. The van der Waals surface area contributed by atoms with Crippen LogP contribution in [0.2, 0.25) is 0 Å². The van der Waals surface area contributed by atoms with Gasteiger partial charge in [0.05, 0.1) is 45.6 Å². The van der Waals surface area contributed by atoms with E-state index >= 15 is 0 Å². The third-order valence-electron chi connectivity index (χ3n) is 17.6. The van der Waals surface area contributed by atoms with Gasteiger partial charge in [0.15, 0.2) is 5.96 Å². The number of carbonyl (C=O) groups is 21. The molecule has 0 aromatic rings. The molecule has 49 heteroatoms. The summed E-state index contributed by atoms with van der Waals surface area (Å²) in [6.45, 7) is 9.61. The minimum atomic E-state index is -2.13.